The molecule has 0 bridgehead atoms. The van der Waals surface area contributed by atoms with Crippen LogP contribution in [0.3, 0.4) is 0 Å². The Hall–Kier alpha value is -1.20. The van der Waals surface area contributed by atoms with Gasteiger partial charge in [-0.2, -0.15) is 0 Å². The smallest absolute Gasteiger partial charge is 0.137 e. The summed E-state index contributed by atoms with van der Waals surface area (Å²) >= 11 is 3.16. The summed E-state index contributed by atoms with van der Waals surface area (Å²) in [5.74, 6) is -0.0794. The molecule has 0 saturated heterocycles. The average molecular weight is 328 g/mol. The lowest BCUT2D eigenvalue weighted by atomic mass is 10.2. The van der Waals surface area contributed by atoms with E-state index in [0.717, 1.165) is 0 Å². The average Bonchev–Trinajstić information content (AvgIpc) is 2.36. The predicted octanol–water partition coefficient (Wildman–Crippen LogP) is 3.48. The molecule has 2 rings (SSSR count). The molecule has 0 radical (unpaired) electrons. The molecule has 0 spiro atoms. The Morgan fingerprint density at radius 2 is 1.83 bits per heavy atom. The topological polar surface area (TPSA) is 43.1 Å². The SMILES string of the molecule is Nc1ccc(S(=O)Cc2cccc(F)c2Br)cc1. The third-order valence-corrected chi connectivity index (χ3v) is 4.72. The molecular formula is C13H11BrFNOS. The second-order valence-electron chi connectivity index (χ2n) is 3.77. The molecular weight excluding hydrogens is 317 g/mol. The van der Waals surface area contributed by atoms with Gasteiger partial charge in [-0.3, -0.25) is 4.21 Å². The van der Waals surface area contributed by atoms with Crippen molar-refractivity contribution in [1.29, 1.82) is 0 Å². The van der Waals surface area contributed by atoms with Crippen molar-refractivity contribution >= 4 is 32.4 Å². The fraction of sp³-hybridized carbons (Fsp3) is 0.0769. The molecule has 2 aromatic carbocycles. The highest BCUT2D eigenvalue weighted by Crippen LogP contribution is 2.23. The Morgan fingerprint density at radius 3 is 2.50 bits per heavy atom. The van der Waals surface area contributed by atoms with Crippen LogP contribution in [-0.4, -0.2) is 4.21 Å². The standard InChI is InChI=1S/C13H11BrFNOS/c14-13-9(2-1-3-12(13)15)8-18(17)11-6-4-10(16)5-7-11/h1-7H,8,16H2. The highest BCUT2D eigenvalue weighted by Gasteiger charge is 2.10. The Bertz CT molecular complexity index is 586. The van der Waals surface area contributed by atoms with Gasteiger partial charge in [0.15, 0.2) is 0 Å². The van der Waals surface area contributed by atoms with Gasteiger partial charge in [-0.15, -0.1) is 0 Å². The van der Waals surface area contributed by atoms with Crippen LogP contribution in [-0.2, 0) is 16.6 Å². The van der Waals surface area contributed by atoms with Gasteiger partial charge in [0, 0.05) is 10.6 Å². The van der Waals surface area contributed by atoms with E-state index in [0.29, 0.717) is 20.6 Å². The molecule has 0 heterocycles. The summed E-state index contributed by atoms with van der Waals surface area (Å²) in [6.07, 6.45) is 0. The highest BCUT2D eigenvalue weighted by molar-refractivity contribution is 9.10. The van der Waals surface area contributed by atoms with E-state index in [2.05, 4.69) is 15.9 Å². The molecule has 94 valence electrons. The van der Waals surface area contributed by atoms with Crippen molar-refractivity contribution in [3.8, 4) is 0 Å². The normalized spacial score (nSPS) is 12.3. The molecule has 2 nitrogen and oxygen atoms in total. The van der Waals surface area contributed by atoms with Crippen LogP contribution in [0.4, 0.5) is 10.1 Å². The zero-order valence-electron chi connectivity index (χ0n) is 9.40. The largest absolute Gasteiger partial charge is 0.399 e. The first-order chi connectivity index (χ1) is 8.58. The van der Waals surface area contributed by atoms with Crippen molar-refractivity contribution in [1.82, 2.24) is 0 Å². The maximum absolute atomic E-state index is 13.3. The van der Waals surface area contributed by atoms with Crippen LogP contribution < -0.4 is 5.73 Å². The Labute approximate surface area is 116 Å². The number of nitrogens with two attached hydrogens (primary N) is 1. The molecule has 0 saturated carbocycles. The molecule has 2 aromatic rings. The van der Waals surface area contributed by atoms with E-state index in [1.165, 1.54) is 6.07 Å². The van der Waals surface area contributed by atoms with Crippen molar-refractivity contribution in [2.45, 2.75) is 10.6 Å². The monoisotopic (exact) mass is 327 g/mol. The number of rotatable bonds is 3. The predicted molar refractivity (Wildman–Crippen MR) is 75.1 cm³/mol. The van der Waals surface area contributed by atoms with E-state index in [1.54, 1.807) is 36.4 Å². The molecule has 1 atom stereocenters. The van der Waals surface area contributed by atoms with E-state index < -0.39 is 10.8 Å². The van der Waals surface area contributed by atoms with E-state index in [-0.39, 0.29) is 11.6 Å². The minimum Gasteiger partial charge on any atom is -0.399 e. The summed E-state index contributed by atoms with van der Waals surface area (Å²) < 4.78 is 25.8. The number of hydrogen-bond acceptors (Lipinski definition) is 2. The molecule has 2 N–H and O–H groups in total. The number of hydrogen-bond donors (Lipinski definition) is 1. The highest BCUT2D eigenvalue weighted by atomic mass is 79.9. The second-order valence-corrected chi connectivity index (χ2v) is 6.02. The number of anilines is 1. The lowest BCUT2D eigenvalue weighted by molar-refractivity contribution is 0.619. The zero-order valence-corrected chi connectivity index (χ0v) is 11.8. The molecule has 0 aliphatic heterocycles. The molecule has 18 heavy (non-hydrogen) atoms. The van der Waals surface area contributed by atoms with Crippen molar-refractivity contribution in [2.24, 2.45) is 0 Å². The first-order valence-electron chi connectivity index (χ1n) is 5.25. The van der Waals surface area contributed by atoms with Gasteiger partial charge in [0.25, 0.3) is 0 Å². The third kappa shape index (κ3) is 2.97. The van der Waals surface area contributed by atoms with Crippen LogP contribution in [0.25, 0.3) is 0 Å². The van der Waals surface area contributed by atoms with Crippen LogP contribution in [0, 0.1) is 5.82 Å². The molecule has 0 fully saturated rings. The zero-order chi connectivity index (χ0) is 13.1. The Morgan fingerprint density at radius 1 is 1.17 bits per heavy atom. The van der Waals surface area contributed by atoms with Crippen molar-refractivity contribution < 1.29 is 8.60 Å². The third-order valence-electron chi connectivity index (χ3n) is 2.46. The van der Waals surface area contributed by atoms with Crippen LogP contribution in [0.2, 0.25) is 0 Å². The van der Waals surface area contributed by atoms with Gasteiger partial charge in [0.1, 0.15) is 5.82 Å². The summed E-state index contributed by atoms with van der Waals surface area (Å²) in [6.45, 7) is 0. The van der Waals surface area contributed by atoms with Gasteiger partial charge in [-0.25, -0.2) is 4.39 Å². The van der Waals surface area contributed by atoms with Gasteiger partial charge in [0.05, 0.1) is 21.0 Å². The molecule has 0 amide bonds. The van der Waals surface area contributed by atoms with Gasteiger partial charge < -0.3 is 5.73 Å². The number of halogens is 2. The van der Waals surface area contributed by atoms with E-state index >= 15 is 0 Å². The van der Waals surface area contributed by atoms with Crippen LogP contribution in [0.5, 0.6) is 0 Å². The fourth-order valence-electron chi connectivity index (χ4n) is 1.50. The maximum Gasteiger partial charge on any atom is 0.137 e. The minimum absolute atomic E-state index is 0.266. The summed E-state index contributed by atoms with van der Waals surface area (Å²) in [6, 6.07) is 11.6. The van der Waals surface area contributed by atoms with Gasteiger partial charge in [-0.1, -0.05) is 12.1 Å². The molecule has 5 heteroatoms. The van der Waals surface area contributed by atoms with E-state index in [9.17, 15) is 8.60 Å². The first-order valence-corrected chi connectivity index (χ1v) is 7.36. The van der Waals surface area contributed by atoms with Crippen molar-refractivity contribution in [2.75, 3.05) is 5.73 Å². The van der Waals surface area contributed by atoms with E-state index in [4.69, 9.17) is 5.73 Å². The molecule has 0 aliphatic carbocycles. The molecule has 0 aliphatic rings. The summed E-state index contributed by atoms with van der Waals surface area (Å²) in [5.41, 5.74) is 6.88. The second kappa shape index (κ2) is 5.63. The van der Waals surface area contributed by atoms with Crippen LogP contribution in [0.1, 0.15) is 5.56 Å². The van der Waals surface area contributed by atoms with Gasteiger partial charge >= 0.3 is 0 Å². The number of benzene rings is 2. The summed E-state index contributed by atoms with van der Waals surface area (Å²) in [4.78, 5) is 0.681. The molecule has 0 aromatic heterocycles. The van der Waals surface area contributed by atoms with Crippen molar-refractivity contribution in [3.63, 3.8) is 0 Å². The van der Waals surface area contributed by atoms with Gasteiger partial charge in [0.2, 0.25) is 0 Å². The van der Waals surface area contributed by atoms with E-state index in [1.807, 2.05) is 0 Å². The minimum atomic E-state index is -1.21. The summed E-state index contributed by atoms with van der Waals surface area (Å²) in [5, 5.41) is 0. The quantitative estimate of drug-likeness (QED) is 0.877. The van der Waals surface area contributed by atoms with Crippen LogP contribution in [0.15, 0.2) is 51.8 Å². The lowest BCUT2D eigenvalue weighted by Crippen LogP contribution is -1.98. The fourth-order valence-corrected chi connectivity index (χ4v) is 3.22. The maximum atomic E-state index is 13.3. The molecule has 1 unspecified atom stereocenters. The Balaban J connectivity index is 2.21. The first kappa shape index (κ1) is 13.2. The lowest BCUT2D eigenvalue weighted by Gasteiger charge is -2.06. The van der Waals surface area contributed by atoms with Crippen LogP contribution >= 0.6 is 15.9 Å². The van der Waals surface area contributed by atoms with Crippen molar-refractivity contribution in [3.05, 3.63) is 58.3 Å². The van der Waals surface area contributed by atoms with Gasteiger partial charge in [-0.05, 0) is 51.8 Å². The Kier molecular flexibility index (Phi) is 4.14. The summed E-state index contributed by atoms with van der Waals surface area (Å²) in [7, 11) is -1.21. The number of nitrogen functional groups attached to an aromatic ring is 1.